The number of aromatic nitrogens is 1. The van der Waals surface area contributed by atoms with E-state index in [1.807, 2.05) is 6.07 Å². The van der Waals surface area contributed by atoms with Gasteiger partial charge in [0.2, 0.25) is 11.8 Å². The first-order valence-electron chi connectivity index (χ1n) is 11.5. The van der Waals surface area contributed by atoms with Crippen LogP contribution in [-0.2, 0) is 14.4 Å². The van der Waals surface area contributed by atoms with Crippen molar-refractivity contribution in [2.45, 2.75) is 50.6 Å². The largest absolute Gasteiger partial charge is 0.496 e. The fourth-order valence-corrected chi connectivity index (χ4v) is 4.47. The zero-order chi connectivity index (χ0) is 24.5. The Balaban J connectivity index is 1.50. The number of carbonyl (C=O) groups excluding carboxylic acids is 3. The van der Waals surface area contributed by atoms with Gasteiger partial charge in [-0.25, -0.2) is 4.79 Å². The van der Waals surface area contributed by atoms with E-state index in [4.69, 9.17) is 4.74 Å². The number of methoxy groups -OCH3 is 1. The predicted octanol–water partition coefficient (Wildman–Crippen LogP) is 1.56. The van der Waals surface area contributed by atoms with E-state index >= 15 is 0 Å². The van der Waals surface area contributed by atoms with Gasteiger partial charge in [-0.05, 0) is 50.3 Å². The van der Waals surface area contributed by atoms with Crippen molar-refractivity contribution < 1.29 is 29.0 Å². The van der Waals surface area contributed by atoms with Gasteiger partial charge >= 0.3 is 5.97 Å². The van der Waals surface area contributed by atoms with Crippen LogP contribution in [0.25, 0.3) is 10.9 Å². The highest BCUT2D eigenvalue weighted by Gasteiger charge is 2.42. The lowest BCUT2D eigenvalue weighted by atomic mass is 9.87. The van der Waals surface area contributed by atoms with Crippen molar-refractivity contribution >= 4 is 34.6 Å². The average molecular weight is 471 g/mol. The molecule has 3 amide bonds. The molecular weight excluding hydrogens is 440 g/mol. The summed E-state index contributed by atoms with van der Waals surface area (Å²) in [5, 5.41) is 18.7. The molecule has 1 aliphatic carbocycles. The average Bonchev–Trinajstić information content (AvgIpc) is 3.36. The van der Waals surface area contributed by atoms with Crippen LogP contribution in [-0.4, -0.2) is 59.0 Å². The molecule has 10 heteroatoms. The van der Waals surface area contributed by atoms with E-state index in [1.165, 1.54) is 6.92 Å². The Bertz CT molecular complexity index is 1120. The second-order valence-electron chi connectivity index (χ2n) is 9.42. The summed E-state index contributed by atoms with van der Waals surface area (Å²) in [6.45, 7) is 1.89. The van der Waals surface area contributed by atoms with Crippen LogP contribution in [0.4, 0.5) is 0 Å². The first kappa shape index (κ1) is 23.6. The van der Waals surface area contributed by atoms with Crippen LogP contribution in [0.1, 0.15) is 49.5 Å². The maximum absolute atomic E-state index is 13.2. The minimum Gasteiger partial charge on any atom is -0.496 e. The van der Waals surface area contributed by atoms with Crippen molar-refractivity contribution in [3.05, 3.63) is 30.0 Å². The molecule has 5 N–H and O–H groups in total. The molecule has 1 aromatic heterocycles. The molecule has 0 radical (unpaired) electrons. The summed E-state index contributed by atoms with van der Waals surface area (Å²) in [6, 6.07) is 6.18. The molecule has 2 aliphatic rings. The Hall–Kier alpha value is -3.56. The molecule has 3 atom stereocenters. The lowest BCUT2D eigenvalue weighted by Crippen LogP contribution is -2.58. The van der Waals surface area contributed by atoms with Gasteiger partial charge in [-0.2, -0.15) is 0 Å². The number of H-pyrrole nitrogens is 1. The number of rotatable bonds is 10. The number of hydrogen-bond donors (Lipinski definition) is 5. The lowest BCUT2D eigenvalue weighted by Gasteiger charge is -2.30. The van der Waals surface area contributed by atoms with Gasteiger partial charge in [-0.1, -0.05) is 18.9 Å². The smallest absolute Gasteiger partial charge is 0.329 e. The van der Waals surface area contributed by atoms with Gasteiger partial charge in [-0.3, -0.25) is 14.4 Å². The van der Waals surface area contributed by atoms with Gasteiger partial charge in [0.15, 0.2) is 0 Å². The summed E-state index contributed by atoms with van der Waals surface area (Å²) < 4.78 is 5.34. The highest BCUT2D eigenvalue weighted by atomic mass is 16.5. The molecule has 2 heterocycles. The Morgan fingerprint density at radius 3 is 2.65 bits per heavy atom. The van der Waals surface area contributed by atoms with E-state index in [0.29, 0.717) is 31.1 Å². The molecule has 1 saturated carbocycles. The summed E-state index contributed by atoms with van der Waals surface area (Å²) in [4.78, 5) is 53.3. The highest BCUT2D eigenvalue weighted by molar-refractivity contribution is 6.02. The molecule has 4 rings (SSSR count). The number of aromatic amines is 1. The highest BCUT2D eigenvalue weighted by Crippen LogP contribution is 2.34. The summed E-state index contributed by atoms with van der Waals surface area (Å²) in [6.07, 6.45) is 2.83. The number of carboxylic acid groups (broad SMARTS) is 1. The molecule has 0 bridgehead atoms. The van der Waals surface area contributed by atoms with Crippen LogP contribution >= 0.6 is 0 Å². The molecule has 1 saturated heterocycles. The quantitative estimate of drug-likeness (QED) is 0.356. The number of ether oxygens (including phenoxy) is 1. The van der Waals surface area contributed by atoms with Crippen molar-refractivity contribution in [3.63, 3.8) is 0 Å². The summed E-state index contributed by atoms with van der Waals surface area (Å²) in [5.41, 5.74) is -0.637. The number of hydrogen-bond acceptors (Lipinski definition) is 5. The Morgan fingerprint density at radius 2 is 2.03 bits per heavy atom. The first-order valence-corrected chi connectivity index (χ1v) is 11.5. The van der Waals surface area contributed by atoms with E-state index in [-0.39, 0.29) is 18.0 Å². The molecule has 3 unspecified atom stereocenters. The SMILES string of the molecule is COc1cccc2[nH]c(C(=O)NC(CC3CC3)C(=O)NC(C)(CC3CCNC3=O)C(=O)O)cc12. The van der Waals surface area contributed by atoms with Gasteiger partial charge in [0.25, 0.3) is 5.91 Å². The molecule has 1 aromatic carbocycles. The monoisotopic (exact) mass is 470 g/mol. The zero-order valence-electron chi connectivity index (χ0n) is 19.3. The zero-order valence-corrected chi connectivity index (χ0v) is 19.3. The third-order valence-corrected chi connectivity index (χ3v) is 6.67. The number of carboxylic acids is 1. The minimum atomic E-state index is -1.63. The maximum atomic E-state index is 13.2. The molecule has 34 heavy (non-hydrogen) atoms. The summed E-state index contributed by atoms with van der Waals surface area (Å²) >= 11 is 0. The molecule has 1 aliphatic heterocycles. The molecular formula is C24H30N4O6. The Morgan fingerprint density at radius 1 is 1.26 bits per heavy atom. The molecule has 2 aromatic rings. The standard InChI is InChI=1S/C24H30N4O6/c1-24(23(32)33,12-14-8-9-25-20(14)29)28-22(31)17(10-13-6-7-13)27-21(30)18-11-15-16(26-18)4-3-5-19(15)34-2/h3-5,11,13-14,17,26H,6-10,12H2,1-2H3,(H,25,29)(H,27,30)(H,28,31)(H,32,33). The second kappa shape index (κ2) is 9.36. The van der Waals surface area contributed by atoms with Crippen LogP contribution in [0, 0.1) is 11.8 Å². The van der Waals surface area contributed by atoms with Gasteiger partial charge in [0, 0.05) is 23.4 Å². The molecule has 0 spiro atoms. The summed E-state index contributed by atoms with van der Waals surface area (Å²) in [7, 11) is 1.55. The van der Waals surface area contributed by atoms with Gasteiger partial charge in [0.1, 0.15) is 23.0 Å². The van der Waals surface area contributed by atoms with Crippen molar-refractivity contribution in [2.75, 3.05) is 13.7 Å². The van der Waals surface area contributed by atoms with E-state index < -0.39 is 35.3 Å². The fourth-order valence-electron chi connectivity index (χ4n) is 4.47. The Labute approximate surface area is 196 Å². The number of aliphatic carboxylic acids is 1. The van der Waals surface area contributed by atoms with Crippen LogP contribution in [0.5, 0.6) is 5.75 Å². The lowest BCUT2D eigenvalue weighted by molar-refractivity contribution is -0.148. The molecule has 182 valence electrons. The van der Waals surface area contributed by atoms with Crippen LogP contribution in [0.2, 0.25) is 0 Å². The van der Waals surface area contributed by atoms with E-state index in [9.17, 15) is 24.3 Å². The van der Waals surface area contributed by atoms with Crippen molar-refractivity contribution in [3.8, 4) is 5.75 Å². The minimum absolute atomic E-state index is 0.0220. The summed E-state index contributed by atoms with van der Waals surface area (Å²) in [5.74, 6) is -2.04. The number of amides is 3. The van der Waals surface area contributed by atoms with Gasteiger partial charge in [0.05, 0.1) is 7.11 Å². The van der Waals surface area contributed by atoms with Crippen molar-refractivity contribution in [1.82, 2.24) is 20.9 Å². The number of carbonyl (C=O) groups is 4. The first-order chi connectivity index (χ1) is 16.2. The predicted molar refractivity (Wildman–Crippen MR) is 123 cm³/mol. The normalized spacial score (nSPS) is 20.3. The number of benzene rings is 1. The number of fused-ring (bicyclic) bond motifs is 1. The molecule has 2 fully saturated rings. The third kappa shape index (κ3) is 5.00. The van der Waals surface area contributed by atoms with Crippen LogP contribution in [0.3, 0.4) is 0 Å². The van der Waals surface area contributed by atoms with Gasteiger partial charge in [-0.15, -0.1) is 0 Å². The van der Waals surface area contributed by atoms with Gasteiger partial charge < -0.3 is 30.8 Å². The van der Waals surface area contributed by atoms with Crippen LogP contribution < -0.4 is 20.7 Å². The van der Waals surface area contributed by atoms with E-state index in [2.05, 4.69) is 20.9 Å². The van der Waals surface area contributed by atoms with E-state index in [1.54, 1.807) is 25.3 Å². The van der Waals surface area contributed by atoms with E-state index in [0.717, 1.165) is 23.7 Å². The third-order valence-electron chi connectivity index (χ3n) is 6.67. The topological polar surface area (TPSA) is 150 Å². The van der Waals surface area contributed by atoms with Crippen molar-refractivity contribution in [1.29, 1.82) is 0 Å². The maximum Gasteiger partial charge on any atom is 0.329 e. The molecule has 10 nitrogen and oxygen atoms in total. The Kier molecular flexibility index (Phi) is 6.49. The van der Waals surface area contributed by atoms with Crippen LogP contribution in [0.15, 0.2) is 24.3 Å². The number of nitrogens with one attached hydrogen (secondary N) is 4. The fraction of sp³-hybridized carbons (Fsp3) is 0.500. The van der Waals surface area contributed by atoms with Crippen molar-refractivity contribution in [2.24, 2.45) is 11.8 Å². The second-order valence-corrected chi connectivity index (χ2v) is 9.42.